The fourth-order valence-electron chi connectivity index (χ4n) is 2.90. The highest BCUT2D eigenvalue weighted by Crippen LogP contribution is 2.16. The number of ether oxygens (including phenoxy) is 1. The van der Waals surface area contributed by atoms with Crippen molar-refractivity contribution < 1.29 is 9.53 Å². The summed E-state index contributed by atoms with van der Waals surface area (Å²) in [5, 5.41) is 6.49. The zero-order valence-electron chi connectivity index (χ0n) is 14.2. The SMILES string of the molecule is O=C(Cc1ccc2ccccc2c1)OCc1ccc(-n2cccn2)cc1. The second-order valence-corrected chi connectivity index (χ2v) is 6.14. The van der Waals surface area contributed by atoms with Crippen molar-refractivity contribution >= 4 is 16.7 Å². The molecule has 1 heterocycles. The van der Waals surface area contributed by atoms with Gasteiger partial charge in [-0.25, -0.2) is 4.68 Å². The van der Waals surface area contributed by atoms with Gasteiger partial charge in [0, 0.05) is 12.4 Å². The Balaban J connectivity index is 1.35. The smallest absolute Gasteiger partial charge is 0.310 e. The van der Waals surface area contributed by atoms with Crippen LogP contribution in [-0.4, -0.2) is 15.7 Å². The highest BCUT2D eigenvalue weighted by Gasteiger charge is 2.06. The average molecular weight is 342 g/mol. The molecule has 0 bridgehead atoms. The highest BCUT2D eigenvalue weighted by molar-refractivity contribution is 5.84. The summed E-state index contributed by atoms with van der Waals surface area (Å²) in [5.74, 6) is -0.226. The molecule has 0 spiro atoms. The van der Waals surface area contributed by atoms with Gasteiger partial charge in [0.2, 0.25) is 0 Å². The fraction of sp³-hybridized carbons (Fsp3) is 0.0909. The van der Waals surface area contributed by atoms with Crippen LogP contribution in [-0.2, 0) is 22.6 Å². The number of aromatic nitrogens is 2. The molecule has 0 amide bonds. The third kappa shape index (κ3) is 3.64. The molecule has 3 aromatic carbocycles. The number of benzene rings is 3. The van der Waals surface area contributed by atoms with E-state index in [0.29, 0.717) is 0 Å². The monoisotopic (exact) mass is 342 g/mol. The number of hydrogen-bond donors (Lipinski definition) is 0. The number of carbonyl (C=O) groups is 1. The molecule has 0 fully saturated rings. The van der Waals surface area contributed by atoms with E-state index in [9.17, 15) is 4.79 Å². The molecule has 4 nitrogen and oxygen atoms in total. The topological polar surface area (TPSA) is 44.1 Å². The Kier molecular flexibility index (Phi) is 4.48. The molecule has 0 N–H and O–H groups in total. The largest absolute Gasteiger partial charge is 0.461 e. The Morgan fingerprint density at radius 2 is 1.65 bits per heavy atom. The lowest BCUT2D eigenvalue weighted by Gasteiger charge is -2.07. The van der Waals surface area contributed by atoms with E-state index in [1.165, 1.54) is 5.39 Å². The van der Waals surface area contributed by atoms with E-state index in [2.05, 4.69) is 11.2 Å². The summed E-state index contributed by atoms with van der Waals surface area (Å²) in [4.78, 5) is 12.1. The summed E-state index contributed by atoms with van der Waals surface area (Å²) < 4.78 is 7.20. The Hall–Kier alpha value is -3.40. The molecule has 26 heavy (non-hydrogen) atoms. The molecule has 0 aliphatic rings. The number of esters is 1. The molecule has 0 unspecified atom stereocenters. The van der Waals surface area contributed by atoms with Crippen LogP contribution in [0.5, 0.6) is 0 Å². The predicted octanol–water partition coefficient (Wildman–Crippen LogP) is 4.31. The van der Waals surface area contributed by atoms with Crippen LogP contribution in [0.3, 0.4) is 0 Å². The Bertz CT molecular complexity index is 1020. The van der Waals surface area contributed by atoms with Gasteiger partial charge < -0.3 is 4.74 Å². The molecule has 0 aliphatic heterocycles. The van der Waals surface area contributed by atoms with E-state index in [4.69, 9.17) is 4.74 Å². The normalized spacial score (nSPS) is 10.8. The van der Waals surface area contributed by atoms with Crippen molar-refractivity contribution in [1.29, 1.82) is 0 Å². The van der Waals surface area contributed by atoms with Gasteiger partial charge in [0.1, 0.15) is 6.61 Å². The minimum atomic E-state index is -0.226. The number of nitrogens with zero attached hydrogens (tertiary/aromatic N) is 2. The fourth-order valence-corrected chi connectivity index (χ4v) is 2.90. The molecule has 0 saturated heterocycles. The third-order valence-corrected chi connectivity index (χ3v) is 4.27. The number of rotatable bonds is 5. The molecule has 4 heteroatoms. The lowest BCUT2D eigenvalue weighted by atomic mass is 10.1. The van der Waals surface area contributed by atoms with Crippen LogP contribution in [0, 0.1) is 0 Å². The molecule has 4 aromatic rings. The number of carbonyl (C=O) groups excluding carboxylic acids is 1. The van der Waals surface area contributed by atoms with Crippen LogP contribution in [0.4, 0.5) is 0 Å². The van der Waals surface area contributed by atoms with Crippen molar-refractivity contribution in [2.24, 2.45) is 0 Å². The lowest BCUT2D eigenvalue weighted by Crippen LogP contribution is -2.08. The molecular weight excluding hydrogens is 324 g/mol. The van der Waals surface area contributed by atoms with Crippen molar-refractivity contribution in [2.75, 3.05) is 0 Å². The summed E-state index contributed by atoms with van der Waals surface area (Å²) in [6, 6.07) is 23.8. The van der Waals surface area contributed by atoms with Crippen molar-refractivity contribution in [3.05, 3.63) is 96.3 Å². The molecule has 4 rings (SSSR count). The van der Waals surface area contributed by atoms with Gasteiger partial charge in [-0.05, 0) is 40.1 Å². The molecule has 0 atom stereocenters. The summed E-state index contributed by atoms with van der Waals surface area (Å²) in [6.45, 7) is 0.270. The zero-order chi connectivity index (χ0) is 17.8. The first-order chi connectivity index (χ1) is 12.8. The third-order valence-electron chi connectivity index (χ3n) is 4.27. The Morgan fingerprint density at radius 3 is 2.42 bits per heavy atom. The van der Waals surface area contributed by atoms with Crippen LogP contribution in [0.2, 0.25) is 0 Å². The van der Waals surface area contributed by atoms with Gasteiger partial charge in [-0.1, -0.05) is 54.6 Å². The van der Waals surface area contributed by atoms with Gasteiger partial charge in [-0.2, -0.15) is 5.10 Å². The second-order valence-electron chi connectivity index (χ2n) is 6.14. The summed E-state index contributed by atoms with van der Waals surface area (Å²) in [5.41, 5.74) is 2.89. The highest BCUT2D eigenvalue weighted by atomic mass is 16.5. The zero-order valence-corrected chi connectivity index (χ0v) is 14.2. The molecule has 0 saturated carbocycles. The average Bonchev–Trinajstić information content (AvgIpc) is 3.21. The van der Waals surface area contributed by atoms with E-state index in [1.807, 2.05) is 72.9 Å². The van der Waals surface area contributed by atoms with Crippen LogP contribution in [0.1, 0.15) is 11.1 Å². The van der Waals surface area contributed by atoms with Crippen molar-refractivity contribution in [1.82, 2.24) is 9.78 Å². The van der Waals surface area contributed by atoms with Crippen molar-refractivity contribution in [3.8, 4) is 5.69 Å². The van der Waals surface area contributed by atoms with Crippen LogP contribution >= 0.6 is 0 Å². The minimum absolute atomic E-state index is 0.226. The van der Waals surface area contributed by atoms with Crippen LogP contribution in [0.15, 0.2) is 85.2 Å². The first kappa shape index (κ1) is 16.1. The maximum Gasteiger partial charge on any atom is 0.310 e. The molecule has 0 radical (unpaired) electrons. The number of fused-ring (bicyclic) bond motifs is 1. The summed E-state index contributed by atoms with van der Waals surface area (Å²) >= 11 is 0. The molecule has 0 aliphatic carbocycles. The maximum absolute atomic E-state index is 12.1. The van der Waals surface area contributed by atoms with E-state index >= 15 is 0 Å². The number of hydrogen-bond acceptors (Lipinski definition) is 3. The van der Waals surface area contributed by atoms with Gasteiger partial charge in [-0.3, -0.25) is 4.79 Å². The van der Waals surface area contributed by atoms with Gasteiger partial charge in [0.15, 0.2) is 0 Å². The first-order valence-corrected chi connectivity index (χ1v) is 8.50. The first-order valence-electron chi connectivity index (χ1n) is 8.50. The minimum Gasteiger partial charge on any atom is -0.461 e. The predicted molar refractivity (Wildman–Crippen MR) is 101 cm³/mol. The van der Waals surface area contributed by atoms with Crippen molar-refractivity contribution in [3.63, 3.8) is 0 Å². The van der Waals surface area contributed by atoms with Gasteiger partial charge in [-0.15, -0.1) is 0 Å². The molecule has 1 aromatic heterocycles. The van der Waals surface area contributed by atoms with E-state index in [0.717, 1.165) is 22.2 Å². The van der Waals surface area contributed by atoms with E-state index in [1.54, 1.807) is 10.9 Å². The van der Waals surface area contributed by atoms with E-state index < -0.39 is 0 Å². The van der Waals surface area contributed by atoms with Gasteiger partial charge >= 0.3 is 5.97 Å². The Morgan fingerprint density at radius 1 is 0.885 bits per heavy atom. The van der Waals surface area contributed by atoms with Crippen LogP contribution in [0.25, 0.3) is 16.5 Å². The second kappa shape index (κ2) is 7.23. The van der Waals surface area contributed by atoms with Gasteiger partial charge in [0.05, 0.1) is 12.1 Å². The summed E-state index contributed by atoms with van der Waals surface area (Å²) in [7, 11) is 0. The lowest BCUT2D eigenvalue weighted by molar-refractivity contribution is -0.144. The van der Waals surface area contributed by atoms with Crippen molar-refractivity contribution in [2.45, 2.75) is 13.0 Å². The van der Waals surface area contributed by atoms with Gasteiger partial charge in [0.25, 0.3) is 0 Å². The van der Waals surface area contributed by atoms with Crippen LogP contribution < -0.4 is 0 Å². The van der Waals surface area contributed by atoms with E-state index in [-0.39, 0.29) is 19.0 Å². The Labute approximate surface area is 151 Å². The standard InChI is InChI=1S/C22H18N2O2/c25-22(15-18-6-9-19-4-1-2-5-20(19)14-18)26-16-17-7-10-21(11-8-17)24-13-3-12-23-24/h1-14H,15-16H2. The quantitative estimate of drug-likeness (QED) is 0.508. The molecule has 128 valence electrons. The summed E-state index contributed by atoms with van der Waals surface area (Å²) in [6.07, 6.45) is 3.90. The maximum atomic E-state index is 12.1. The molecular formula is C22H18N2O2.